The summed E-state index contributed by atoms with van der Waals surface area (Å²) in [6.07, 6.45) is 8.21. The summed E-state index contributed by atoms with van der Waals surface area (Å²) in [6, 6.07) is 2.99. The number of H-pyrrole nitrogens is 1. The predicted octanol–water partition coefficient (Wildman–Crippen LogP) is 3.82. The Morgan fingerprint density at radius 1 is 1.04 bits per heavy atom. The molecule has 0 unspecified atom stereocenters. The number of hydrogen-bond donors (Lipinski definition) is 2. The molecule has 2 aliphatic carbocycles. The van der Waals surface area contributed by atoms with Crippen molar-refractivity contribution in [3.63, 3.8) is 0 Å². The predicted molar refractivity (Wildman–Crippen MR) is 179 cm³/mol. The average molecular weight is 703 g/mol. The molecule has 0 atom stereocenters. The zero-order valence-corrected chi connectivity index (χ0v) is 30.8. The molecule has 0 amide bonds. The molecule has 11 nitrogen and oxygen atoms in total. The van der Waals surface area contributed by atoms with Crippen LogP contribution in [0, 0.1) is 11.3 Å². The van der Waals surface area contributed by atoms with Crippen molar-refractivity contribution in [2.45, 2.75) is 69.9 Å². The molecular weight excluding hydrogens is 660 g/mol. The van der Waals surface area contributed by atoms with Crippen LogP contribution in [0.2, 0.25) is 0 Å². The number of imidazole rings is 1. The number of fused-ring (bicyclic) bond motifs is 1. The molecule has 0 spiro atoms. The summed E-state index contributed by atoms with van der Waals surface area (Å²) >= 11 is 0. The number of carboxylic acid groups (broad SMARTS) is 1. The van der Waals surface area contributed by atoms with Gasteiger partial charge in [-0.2, -0.15) is 13.2 Å². The monoisotopic (exact) mass is 702 g/mol. The van der Waals surface area contributed by atoms with E-state index in [1.165, 1.54) is 18.7 Å². The normalized spacial score (nSPS) is 18.2. The first-order valence-electron chi connectivity index (χ1n) is 17.0. The van der Waals surface area contributed by atoms with Crippen LogP contribution in [0.5, 0.6) is 0 Å². The Morgan fingerprint density at radius 3 is 2.40 bits per heavy atom. The first kappa shape index (κ1) is 36.5. The second-order valence-corrected chi connectivity index (χ2v) is 13.9. The van der Waals surface area contributed by atoms with E-state index in [0.717, 1.165) is 31.4 Å². The molecule has 0 aromatic carbocycles. The summed E-state index contributed by atoms with van der Waals surface area (Å²) in [6.45, 7) is 2.46. The Hall–Kier alpha value is -3.33. The second-order valence-electron chi connectivity index (χ2n) is 13.9. The van der Waals surface area contributed by atoms with E-state index in [9.17, 15) is 23.1 Å². The number of aromatic amines is 1. The summed E-state index contributed by atoms with van der Waals surface area (Å²) in [5, 5.41) is 9.33. The molecule has 3 aliphatic rings. The summed E-state index contributed by atoms with van der Waals surface area (Å²) in [4.78, 5) is 42.0. The third-order valence-corrected chi connectivity index (χ3v) is 10.3. The standard InChI is InChI=1S/C35H41F3N8O3.Na.H/c1-45(19-34(20-49-2)10-4-3-5-11-34)27-15-25(23-14-24(35(36,37)38)29(41-16-23)21-6-7-21)42-32-30(27)43-31(44-32)26-17-40-28(18-39-26)46-12-8-22(9-13-46)33(47)48;;/h14-18,21-22H,3-13,19-20H2,1-2H3,(H,47,48)(H,42,43,44);;/q;+1;-1. The molecule has 1 saturated heterocycles. The van der Waals surface area contributed by atoms with Crippen LogP contribution >= 0.6 is 0 Å². The Balaban J connectivity index is 0.00000252. The van der Waals surface area contributed by atoms with Gasteiger partial charge in [0.15, 0.2) is 11.5 Å². The SMILES string of the molecule is COCC1(CN(C)c2cc(-c3cnc(C4CC4)c(C(F)(F)F)c3)nc3nc(-c4cnc(N5CCC(C(=O)O)CC5)cn4)[nH]c23)CCCCC1.[H-].[Na+]. The van der Waals surface area contributed by atoms with Crippen molar-refractivity contribution >= 4 is 28.6 Å². The zero-order valence-electron chi connectivity index (χ0n) is 29.8. The van der Waals surface area contributed by atoms with Crippen molar-refractivity contribution in [3.8, 4) is 22.8 Å². The number of aliphatic carboxylic acids is 1. The number of halogens is 3. The number of aromatic nitrogens is 6. The number of nitrogens with zero attached hydrogens (tertiary/aromatic N) is 7. The van der Waals surface area contributed by atoms with Gasteiger partial charge in [0.2, 0.25) is 0 Å². The minimum atomic E-state index is -4.53. The van der Waals surface area contributed by atoms with Gasteiger partial charge in [-0.1, -0.05) is 19.3 Å². The van der Waals surface area contributed by atoms with E-state index in [0.29, 0.717) is 86.1 Å². The third-order valence-electron chi connectivity index (χ3n) is 10.3. The van der Waals surface area contributed by atoms with Gasteiger partial charge in [-0.25, -0.2) is 19.9 Å². The van der Waals surface area contributed by atoms with Gasteiger partial charge < -0.3 is 26.1 Å². The fraction of sp³-hybridized carbons (Fsp3) is 0.543. The molecule has 50 heavy (non-hydrogen) atoms. The van der Waals surface area contributed by atoms with Gasteiger partial charge in [0.05, 0.1) is 47.6 Å². The maximum Gasteiger partial charge on any atom is 1.00 e. The first-order chi connectivity index (χ1) is 23.5. The van der Waals surface area contributed by atoms with E-state index in [1.54, 1.807) is 19.5 Å². The topological polar surface area (TPSA) is 133 Å². The number of hydrogen-bond acceptors (Lipinski definition) is 9. The molecule has 262 valence electrons. The first-order valence-corrected chi connectivity index (χ1v) is 17.0. The summed E-state index contributed by atoms with van der Waals surface area (Å²) in [7, 11) is 3.71. The fourth-order valence-electron chi connectivity index (χ4n) is 7.57. The minimum Gasteiger partial charge on any atom is -1.00 e. The quantitative estimate of drug-likeness (QED) is 0.235. The number of nitrogens with one attached hydrogen (secondary N) is 1. The van der Waals surface area contributed by atoms with Crippen molar-refractivity contribution in [1.29, 1.82) is 0 Å². The number of carbonyl (C=O) groups is 1. The molecule has 0 radical (unpaired) electrons. The molecule has 7 rings (SSSR count). The molecular formula is C35H42F3N8NaO3. The second kappa shape index (κ2) is 14.7. The van der Waals surface area contributed by atoms with Gasteiger partial charge in [0, 0.05) is 56.9 Å². The van der Waals surface area contributed by atoms with E-state index in [1.807, 2.05) is 18.0 Å². The van der Waals surface area contributed by atoms with Crippen molar-refractivity contribution in [2.75, 3.05) is 50.2 Å². The maximum absolute atomic E-state index is 14.2. The number of ether oxygens (including phenoxy) is 1. The fourth-order valence-corrected chi connectivity index (χ4v) is 7.57. The summed E-state index contributed by atoms with van der Waals surface area (Å²) in [5.41, 5.74) is 2.18. The third kappa shape index (κ3) is 7.63. The molecule has 5 heterocycles. The number of rotatable bonds is 10. The van der Waals surface area contributed by atoms with Gasteiger partial charge in [0.1, 0.15) is 17.0 Å². The molecule has 3 fully saturated rings. The van der Waals surface area contributed by atoms with E-state index < -0.39 is 17.7 Å². The van der Waals surface area contributed by atoms with E-state index in [-0.39, 0.29) is 59.5 Å². The largest absolute Gasteiger partial charge is 1.00 e. The van der Waals surface area contributed by atoms with E-state index in [2.05, 4.69) is 24.8 Å². The van der Waals surface area contributed by atoms with Crippen LogP contribution in [0.4, 0.5) is 24.7 Å². The Labute approximate surface area is 312 Å². The van der Waals surface area contributed by atoms with Crippen LogP contribution in [-0.4, -0.2) is 81.4 Å². The van der Waals surface area contributed by atoms with Crippen LogP contribution < -0.4 is 39.4 Å². The molecule has 15 heteroatoms. The molecule has 0 bridgehead atoms. The molecule has 4 aromatic rings. The van der Waals surface area contributed by atoms with Gasteiger partial charge in [-0.3, -0.25) is 9.78 Å². The van der Waals surface area contributed by atoms with Crippen LogP contribution in [0.25, 0.3) is 33.9 Å². The van der Waals surface area contributed by atoms with Crippen molar-refractivity contribution in [3.05, 3.63) is 42.0 Å². The van der Waals surface area contributed by atoms with Crippen LogP contribution in [0.15, 0.2) is 30.7 Å². The number of alkyl halides is 3. The minimum absolute atomic E-state index is 0. The number of methoxy groups -OCH3 is 1. The van der Waals surface area contributed by atoms with Gasteiger partial charge in [0.25, 0.3) is 0 Å². The molecule has 1 aliphatic heterocycles. The van der Waals surface area contributed by atoms with E-state index in [4.69, 9.17) is 14.7 Å². The van der Waals surface area contributed by atoms with Crippen molar-refractivity contribution < 1.29 is 58.8 Å². The van der Waals surface area contributed by atoms with Gasteiger partial charge in [-0.15, -0.1) is 0 Å². The summed E-state index contributed by atoms with van der Waals surface area (Å²) in [5.74, 6) is -0.192. The van der Waals surface area contributed by atoms with E-state index >= 15 is 0 Å². The number of carboxylic acids is 1. The Kier molecular flexibility index (Phi) is 10.7. The maximum atomic E-state index is 14.2. The van der Waals surface area contributed by atoms with Crippen LogP contribution in [-0.2, 0) is 15.7 Å². The van der Waals surface area contributed by atoms with Crippen LogP contribution in [0.1, 0.15) is 76.4 Å². The molecule has 2 saturated carbocycles. The number of anilines is 2. The zero-order chi connectivity index (χ0) is 34.3. The summed E-state index contributed by atoms with van der Waals surface area (Å²) < 4.78 is 48.3. The van der Waals surface area contributed by atoms with Crippen molar-refractivity contribution in [1.82, 2.24) is 29.9 Å². The van der Waals surface area contributed by atoms with Gasteiger partial charge in [-0.05, 0) is 50.7 Å². The van der Waals surface area contributed by atoms with Crippen molar-refractivity contribution in [2.24, 2.45) is 11.3 Å². The van der Waals surface area contributed by atoms with Gasteiger partial charge >= 0.3 is 41.7 Å². The van der Waals surface area contributed by atoms with Crippen LogP contribution in [0.3, 0.4) is 0 Å². The number of piperidine rings is 1. The number of pyridine rings is 2. The molecule has 2 N–H and O–H groups in total. The average Bonchev–Trinajstić information content (AvgIpc) is 3.85. The Morgan fingerprint density at radius 2 is 1.78 bits per heavy atom. The molecule has 4 aromatic heterocycles. The smallest absolute Gasteiger partial charge is 1.00 e. The Bertz CT molecular complexity index is 1820.